The number of nitrogens with zero attached hydrogens (tertiary/aromatic N) is 1. The second kappa shape index (κ2) is 11.9. The highest BCUT2D eigenvalue weighted by Crippen LogP contribution is 2.34. The Morgan fingerprint density at radius 2 is 1.54 bits per heavy atom. The van der Waals surface area contributed by atoms with E-state index in [1.807, 2.05) is 43.3 Å². The zero-order chi connectivity index (χ0) is 26.3. The number of rotatable bonds is 9. The molecule has 0 radical (unpaired) electrons. The molecule has 7 heteroatoms. The molecular formula is C30H27BrN2O4. The molecule has 0 saturated heterocycles. The van der Waals surface area contributed by atoms with Crippen molar-refractivity contribution in [3.63, 3.8) is 0 Å². The highest BCUT2D eigenvalue weighted by Gasteiger charge is 2.39. The van der Waals surface area contributed by atoms with Crippen LogP contribution in [0.15, 0.2) is 107 Å². The molecule has 0 fully saturated rings. The number of aryl methyl sites for hydroxylation is 1. The van der Waals surface area contributed by atoms with Crippen molar-refractivity contribution in [2.45, 2.75) is 19.1 Å². The molecule has 0 bridgehead atoms. The fourth-order valence-electron chi connectivity index (χ4n) is 3.80. The van der Waals surface area contributed by atoms with E-state index in [-0.39, 0.29) is 0 Å². The van der Waals surface area contributed by atoms with Crippen LogP contribution in [0.3, 0.4) is 0 Å². The summed E-state index contributed by atoms with van der Waals surface area (Å²) in [4.78, 5) is 13.2. The lowest BCUT2D eigenvalue weighted by atomic mass is 9.85. The summed E-state index contributed by atoms with van der Waals surface area (Å²) < 4.78 is 12.2. The molecule has 0 atom stereocenters. The molecule has 0 aliphatic carbocycles. The molecule has 1 amide bonds. The Hall–Kier alpha value is -3.94. The van der Waals surface area contributed by atoms with Gasteiger partial charge in [0.05, 0.1) is 13.3 Å². The van der Waals surface area contributed by atoms with Gasteiger partial charge in [-0.15, -0.1) is 0 Å². The van der Waals surface area contributed by atoms with E-state index in [1.54, 1.807) is 67.8 Å². The molecule has 4 rings (SSSR count). The number of amides is 1. The molecule has 4 aromatic carbocycles. The summed E-state index contributed by atoms with van der Waals surface area (Å²) in [5.41, 5.74) is 4.33. The van der Waals surface area contributed by atoms with Crippen LogP contribution in [0.5, 0.6) is 11.5 Å². The Morgan fingerprint density at radius 1 is 0.946 bits per heavy atom. The molecule has 0 saturated carbocycles. The largest absolute Gasteiger partial charge is 0.493 e. The number of aliphatic hydroxyl groups is 1. The van der Waals surface area contributed by atoms with E-state index in [0.717, 1.165) is 5.56 Å². The summed E-state index contributed by atoms with van der Waals surface area (Å²) in [7, 11) is 1.56. The van der Waals surface area contributed by atoms with Crippen molar-refractivity contribution in [2.75, 3.05) is 7.11 Å². The van der Waals surface area contributed by atoms with E-state index >= 15 is 0 Å². The number of hydrogen-bond acceptors (Lipinski definition) is 5. The summed E-state index contributed by atoms with van der Waals surface area (Å²) >= 11 is 3.54. The highest BCUT2D eigenvalue weighted by atomic mass is 79.9. The first-order valence-corrected chi connectivity index (χ1v) is 12.4. The van der Waals surface area contributed by atoms with E-state index < -0.39 is 11.5 Å². The van der Waals surface area contributed by atoms with Gasteiger partial charge in [-0.25, -0.2) is 5.43 Å². The van der Waals surface area contributed by atoms with Gasteiger partial charge in [0, 0.05) is 10.0 Å². The van der Waals surface area contributed by atoms with Gasteiger partial charge in [0.2, 0.25) is 0 Å². The number of hydrazone groups is 1. The Labute approximate surface area is 224 Å². The van der Waals surface area contributed by atoms with Crippen molar-refractivity contribution in [1.29, 1.82) is 0 Å². The van der Waals surface area contributed by atoms with E-state index in [4.69, 9.17) is 9.47 Å². The highest BCUT2D eigenvalue weighted by molar-refractivity contribution is 9.10. The van der Waals surface area contributed by atoms with Gasteiger partial charge >= 0.3 is 0 Å². The first kappa shape index (κ1) is 26.1. The van der Waals surface area contributed by atoms with Crippen molar-refractivity contribution in [1.82, 2.24) is 5.43 Å². The minimum Gasteiger partial charge on any atom is -0.493 e. The van der Waals surface area contributed by atoms with E-state index in [1.165, 1.54) is 11.8 Å². The zero-order valence-electron chi connectivity index (χ0n) is 20.5. The average molecular weight is 559 g/mol. The minimum atomic E-state index is -1.91. The number of methoxy groups -OCH3 is 1. The number of benzene rings is 4. The van der Waals surface area contributed by atoms with Gasteiger partial charge in [0.1, 0.15) is 6.61 Å². The maximum absolute atomic E-state index is 13.2. The predicted octanol–water partition coefficient (Wildman–Crippen LogP) is 5.73. The first-order chi connectivity index (χ1) is 17.9. The van der Waals surface area contributed by atoms with Crippen LogP contribution >= 0.6 is 15.9 Å². The smallest absolute Gasteiger partial charge is 0.281 e. The Kier molecular flexibility index (Phi) is 8.38. The van der Waals surface area contributed by atoms with Gasteiger partial charge in [0.15, 0.2) is 17.1 Å². The quantitative estimate of drug-likeness (QED) is 0.203. The molecule has 6 nitrogen and oxygen atoms in total. The molecule has 0 aromatic heterocycles. The Bertz CT molecular complexity index is 1330. The fraction of sp³-hybridized carbons (Fsp3) is 0.133. The molecule has 4 aromatic rings. The maximum atomic E-state index is 13.2. The normalized spacial score (nSPS) is 11.4. The maximum Gasteiger partial charge on any atom is 0.281 e. The molecule has 0 unspecified atom stereocenters. The van der Waals surface area contributed by atoms with E-state index in [0.29, 0.717) is 39.3 Å². The molecular weight excluding hydrogens is 532 g/mol. The molecule has 0 aliphatic heterocycles. The van der Waals surface area contributed by atoms with Crippen LogP contribution in [0.1, 0.15) is 27.8 Å². The monoisotopic (exact) mass is 558 g/mol. The number of carbonyl (C=O) groups excluding carboxylic acids is 1. The number of halogens is 1. The summed E-state index contributed by atoms with van der Waals surface area (Å²) in [6.07, 6.45) is 1.48. The molecule has 2 N–H and O–H groups in total. The van der Waals surface area contributed by atoms with Gasteiger partial charge in [-0.2, -0.15) is 5.10 Å². The molecule has 0 heterocycles. The van der Waals surface area contributed by atoms with E-state index in [9.17, 15) is 9.90 Å². The average Bonchev–Trinajstić information content (AvgIpc) is 2.94. The first-order valence-electron chi connectivity index (χ1n) is 11.6. The van der Waals surface area contributed by atoms with Gasteiger partial charge in [-0.05, 0) is 51.7 Å². The Morgan fingerprint density at radius 3 is 2.11 bits per heavy atom. The predicted molar refractivity (Wildman–Crippen MR) is 148 cm³/mol. The SMILES string of the molecule is COc1cc(/C=N/NC(=O)C(O)(c2ccccc2)c2ccccc2)c(Br)cc1OCc1ccc(C)cc1. The van der Waals surface area contributed by atoms with Crippen molar-refractivity contribution < 1.29 is 19.4 Å². The number of hydrogen-bond donors (Lipinski definition) is 2. The lowest BCUT2D eigenvalue weighted by Gasteiger charge is -2.27. The van der Waals surface area contributed by atoms with Gasteiger partial charge in [0.25, 0.3) is 5.91 Å². The summed E-state index contributed by atoms with van der Waals surface area (Å²) in [6, 6.07) is 29.2. The third kappa shape index (κ3) is 6.07. The minimum absolute atomic E-state index is 0.393. The fourth-order valence-corrected chi connectivity index (χ4v) is 4.22. The van der Waals surface area contributed by atoms with Crippen molar-refractivity contribution >= 4 is 28.1 Å². The third-order valence-corrected chi connectivity index (χ3v) is 6.57. The van der Waals surface area contributed by atoms with Crippen LogP contribution < -0.4 is 14.9 Å². The van der Waals surface area contributed by atoms with Crippen LogP contribution in [-0.2, 0) is 17.0 Å². The van der Waals surface area contributed by atoms with Gasteiger partial charge in [-0.3, -0.25) is 4.79 Å². The molecule has 0 aliphatic rings. The van der Waals surface area contributed by atoms with Crippen molar-refractivity contribution in [3.8, 4) is 11.5 Å². The summed E-state index contributed by atoms with van der Waals surface area (Å²) in [5, 5.41) is 15.6. The van der Waals surface area contributed by atoms with Crippen LogP contribution in [0.2, 0.25) is 0 Å². The lowest BCUT2D eigenvalue weighted by Crippen LogP contribution is -2.43. The Balaban J connectivity index is 1.52. The number of carbonyl (C=O) groups is 1. The number of nitrogens with one attached hydrogen (secondary N) is 1. The second-order valence-corrected chi connectivity index (χ2v) is 9.29. The van der Waals surface area contributed by atoms with Crippen LogP contribution in [-0.4, -0.2) is 24.3 Å². The number of ether oxygens (including phenoxy) is 2. The van der Waals surface area contributed by atoms with E-state index in [2.05, 4.69) is 26.5 Å². The molecule has 0 spiro atoms. The topological polar surface area (TPSA) is 80.2 Å². The van der Waals surface area contributed by atoms with Gasteiger partial charge in [-0.1, -0.05) is 90.5 Å². The van der Waals surface area contributed by atoms with Crippen LogP contribution in [0.4, 0.5) is 0 Å². The zero-order valence-corrected chi connectivity index (χ0v) is 22.1. The van der Waals surface area contributed by atoms with Crippen LogP contribution in [0.25, 0.3) is 0 Å². The van der Waals surface area contributed by atoms with Crippen molar-refractivity contribution in [2.24, 2.45) is 5.10 Å². The van der Waals surface area contributed by atoms with Crippen molar-refractivity contribution in [3.05, 3.63) is 129 Å². The second-order valence-electron chi connectivity index (χ2n) is 8.44. The summed E-state index contributed by atoms with van der Waals surface area (Å²) in [5.74, 6) is 0.411. The molecule has 37 heavy (non-hydrogen) atoms. The lowest BCUT2D eigenvalue weighted by molar-refractivity contribution is -0.136. The molecule has 188 valence electrons. The summed E-state index contributed by atoms with van der Waals surface area (Å²) in [6.45, 7) is 2.43. The van der Waals surface area contributed by atoms with Crippen LogP contribution in [0, 0.1) is 6.92 Å². The third-order valence-electron chi connectivity index (χ3n) is 5.88. The standard InChI is InChI=1S/C30H27BrN2O4/c1-21-13-15-22(16-14-21)20-37-28-18-26(31)23(17-27(28)36-2)19-32-33-29(34)30(35,24-9-5-3-6-10-24)25-11-7-4-8-12-25/h3-19,35H,20H2,1-2H3,(H,33,34)/b32-19+. The van der Waals surface area contributed by atoms with Gasteiger partial charge < -0.3 is 14.6 Å².